The Kier molecular flexibility index (Phi) is 6.68. The molecule has 1 saturated heterocycles. The predicted molar refractivity (Wildman–Crippen MR) is 108 cm³/mol. The topological polar surface area (TPSA) is 40.6 Å². The van der Waals surface area contributed by atoms with Gasteiger partial charge in [0.05, 0.1) is 5.92 Å². The van der Waals surface area contributed by atoms with E-state index in [1.54, 1.807) is 11.0 Å². The van der Waals surface area contributed by atoms with E-state index in [2.05, 4.69) is 0 Å². The maximum atomic E-state index is 13.1. The maximum absolute atomic E-state index is 13.1. The van der Waals surface area contributed by atoms with Crippen LogP contribution >= 0.6 is 11.6 Å². The van der Waals surface area contributed by atoms with Crippen LogP contribution in [-0.4, -0.2) is 47.8 Å². The molecule has 1 aliphatic rings. The first-order chi connectivity index (χ1) is 13.5. The van der Waals surface area contributed by atoms with Gasteiger partial charge in [-0.15, -0.1) is 0 Å². The summed E-state index contributed by atoms with van der Waals surface area (Å²) in [5.74, 6) is -0.661. The highest BCUT2D eigenvalue weighted by molar-refractivity contribution is 6.30. The zero-order chi connectivity index (χ0) is 20.1. The van der Waals surface area contributed by atoms with E-state index in [1.165, 1.54) is 24.3 Å². The van der Waals surface area contributed by atoms with Crippen molar-refractivity contribution in [3.05, 3.63) is 70.5 Å². The second-order valence-electron chi connectivity index (χ2n) is 6.99. The van der Waals surface area contributed by atoms with Crippen LogP contribution in [0.15, 0.2) is 48.5 Å². The first kappa shape index (κ1) is 20.3. The number of carbonyl (C=O) groups excluding carboxylic acids is 2. The van der Waals surface area contributed by atoms with Gasteiger partial charge in [-0.2, -0.15) is 0 Å². The molecule has 0 aromatic heterocycles. The molecule has 148 valence electrons. The highest BCUT2D eigenvalue weighted by Crippen LogP contribution is 2.25. The van der Waals surface area contributed by atoms with E-state index in [4.69, 9.17) is 11.6 Å². The molecule has 6 heteroatoms. The van der Waals surface area contributed by atoms with Gasteiger partial charge in [-0.05, 0) is 54.8 Å². The van der Waals surface area contributed by atoms with E-state index in [-0.39, 0.29) is 23.5 Å². The molecular weight excluding hydrogens is 379 g/mol. The number of hydrogen-bond acceptors (Lipinski definition) is 2. The summed E-state index contributed by atoms with van der Waals surface area (Å²) in [6.07, 6.45) is 1.40. The summed E-state index contributed by atoms with van der Waals surface area (Å²) in [4.78, 5) is 29.4. The normalized spacial score (nSPS) is 15.8. The minimum Gasteiger partial charge on any atom is -0.340 e. The number of carbonyl (C=O) groups is 2. The third-order valence-electron chi connectivity index (χ3n) is 5.14. The van der Waals surface area contributed by atoms with Gasteiger partial charge < -0.3 is 9.80 Å². The summed E-state index contributed by atoms with van der Waals surface area (Å²) in [6, 6.07) is 13.0. The molecule has 2 aromatic carbocycles. The van der Waals surface area contributed by atoms with Gasteiger partial charge in [0.2, 0.25) is 5.91 Å². The Balaban J connectivity index is 1.67. The van der Waals surface area contributed by atoms with E-state index >= 15 is 0 Å². The molecule has 2 amide bonds. The molecule has 0 radical (unpaired) electrons. The Bertz CT molecular complexity index is 841. The number of hydrogen-bond donors (Lipinski definition) is 0. The quantitative estimate of drug-likeness (QED) is 0.762. The third kappa shape index (κ3) is 4.71. The molecule has 0 spiro atoms. The fourth-order valence-corrected chi connectivity index (χ4v) is 3.81. The molecule has 0 bridgehead atoms. The number of halogens is 2. The van der Waals surface area contributed by atoms with E-state index in [1.807, 2.05) is 30.0 Å². The molecule has 0 N–H and O–H groups in total. The lowest BCUT2D eigenvalue weighted by Crippen LogP contribution is -2.39. The average Bonchev–Trinajstić information content (AvgIpc) is 2.95. The third-order valence-corrected chi connectivity index (χ3v) is 5.38. The summed E-state index contributed by atoms with van der Waals surface area (Å²) in [5, 5.41) is 0.621. The van der Waals surface area contributed by atoms with Crippen LogP contribution in [0, 0.1) is 5.82 Å². The Morgan fingerprint density at radius 1 is 1.04 bits per heavy atom. The summed E-state index contributed by atoms with van der Waals surface area (Å²) in [6.45, 7) is 4.14. The van der Waals surface area contributed by atoms with Gasteiger partial charge in [-0.3, -0.25) is 9.59 Å². The zero-order valence-electron chi connectivity index (χ0n) is 15.9. The van der Waals surface area contributed by atoms with Crippen molar-refractivity contribution in [1.82, 2.24) is 9.80 Å². The molecule has 3 rings (SSSR count). The van der Waals surface area contributed by atoms with Gasteiger partial charge in [-0.1, -0.05) is 30.7 Å². The smallest absolute Gasteiger partial charge is 0.253 e. The van der Waals surface area contributed by atoms with Gasteiger partial charge in [0.1, 0.15) is 5.82 Å². The number of nitrogens with zero attached hydrogens (tertiary/aromatic N) is 2. The molecule has 1 atom stereocenters. The van der Waals surface area contributed by atoms with Crippen molar-refractivity contribution in [2.75, 3.05) is 26.2 Å². The van der Waals surface area contributed by atoms with Gasteiger partial charge >= 0.3 is 0 Å². The Morgan fingerprint density at radius 3 is 2.39 bits per heavy atom. The first-order valence-corrected chi connectivity index (χ1v) is 9.96. The average molecular weight is 403 g/mol. The van der Waals surface area contributed by atoms with E-state index in [0.717, 1.165) is 5.56 Å². The molecule has 2 aromatic rings. The lowest BCUT2D eigenvalue weighted by Gasteiger charge is -2.26. The van der Waals surface area contributed by atoms with Crippen molar-refractivity contribution >= 4 is 23.4 Å². The largest absolute Gasteiger partial charge is 0.340 e. The molecule has 1 fully saturated rings. The SMILES string of the molecule is CCC(C(=O)N1CCCN(C(=O)c2ccc(F)cc2)CC1)c1cccc(Cl)c1. The fourth-order valence-electron chi connectivity index (χ4n) is 3.61. The lowest BCUT2D eigenvalue weighted by molar-refractivity contribution is -0.132. The second-order valence-corrected chi connectivity index (χ2v) is 7.43. The van der Waals surface area contributed by atoms with Crippen LogP contribution in [0.4, 0.5) is 4.39 Å². The van der Waals surface area contributed by atoms with E-state index in [9.17, 15) is 14.0 Å². The van der Waals surface area contributed by atoms with Crippen LogP contribution in [0.3, 0.4) is 0 Å². The molecular formula is C22H24ClFN2O2. The van der Waals surface area contributed by atoms with Crippen molar-refractivity contribution in [3.63, 3.8) is 0 Å². The van der Waals surface area contributed by atoms with Gasteiger partial charge in [0, 0.05) is 36.8 Å². The maximum Gasteiger partial charge on any atom is 0.253 e. The van der Waals surface area contributed by atoms with E-state index in [0.29, 0.717) is 49.6 Å². The van der Waals surface area contributed by atoms with Crippen LogP contribution in [0.25, 0.3) is 0 Å². The highest BCUT2D eigenvalue weighted by atomic mass is 35.5. The van der Waals surface area contributed by atoms with Gasteiger partial charge in [0.15, 0.2) is 0 Å². The molecule has 0 saturated carbocycles. The van der Waals surface area contributed by atoms with Crippen molar-refractivity contribution in [1.29, 1.82) is 0 Å². The van der Waals surface area contributed by atoms with Crippen LogP contribution < -0.4 is 0 Å². The number of benzene rings is 2. The van der Waals surface area contributed by atoms with Crippen LogP contribution in [0.5, 0.6) is 0 Å². The molecule has 1 unspecified atom stereocenters. The van der Waals surface area contributed by atoms with Crippen LogP contribution in [-0.2, 0) is 4.79 Å². The highest BCUT2D eigenvalue weighted by Gasteiger charge is 2.28. The van der Waals surface area contributed by atoms with Crippen molar-refractivity contribution < 1.29 is 14.0 Å². The predicted octanol–water partition coefficient (Wildman–Crippen LogP) is 4.35. The fraction of sp³-hybridized carbons (Fsp3) is 0.364. The number of rotatable bonds is 4. The molecule has 1 aliphatic heterocycles. The Hall–Kier alpha value is -2.40. The molecule has 28 heavy (non-hydrogen) atoms. The van der Waals surface area contributed by atoms with E-state index < -0.39 is 0 Å². The van der Waals surface area contributed by atoms with Gasteiger partial charge in [-0.25, -0.2) is 4.39 Å². The summed E-state index contributed by atoms with van der Waals surface area (Å²) >= 11 is 6.09. The van der Waals surface area contributed by atoms with Crippen molar-refractivity contribution in [3.8, 4) is 0 Å². The monoisotopic (exact) mass is 402 g/mol. The van der Waals surface area contributed by atoms with Crippen molar-refractivity contribution in [2.24, 2.45) is 0 Å². The summed E-state index contributed by atoms with van der Waals surface area (Å²) in [5.41, 5.74) is 1.38. The Morgan fingerprint density at radius 2 is 1.71 bits per heavy atom. The standard InChI is InChI=1S/C22H24ClFN2O2/c1-2-20(17-5-3-6-18(23)15-17)22(28)26-12-4-11-25(13-14-26)21(27)16-7-9-19(24)10-8-16/h3,5-10,15,20H,2,4,11-14H2,1H3. The van der Waals surface area contributed by atoms with Crippen molar-refractivity contribution in [2.45, 2.75) is 25.7 Å². The molecule has 4 nitrogen and oxygen atoms in total. The lowest BCUT2D eigenvalue weighted by atomic mass is 9.95. The Labute approximate surface area is 169 Å². The minimum absolute atomic E-state index is 0.0702. The molecule has 1 heterocycles. The van der Waals surface area contributed by atoms with Crippen LogP contribution in [0.2, 0.25) is 5.02 Å². The zero-order valence-corrected chi connectivity index (χ0v) is 16.7. The van der Waals surface area contributed by atoms with Gasteiger partial charge in [0.25, 0.3) is 5.91 Å². The first-order valence-electron chi connectivity index (χ1n) is 9.58. The summed E-state index contributed by atoms with van der Waals surface area (Å²) < 4.78 is 13.1. The minimum atomic E-state index is -0.365. The number of amides is 2. The molecule has 0 aliphatic carbocycles. The summed E-state index contributed by atoms with van der Waals surface area (Å²) in [7, 11) is 0. The van der Waals surface area contributed by atoms with Crippen LogP contribution in [0.1, 0.15) is 41.6 Å². The second kappa shape index (κ2) is 9.20.